The summed E-state index contributed by atoms with van der Waals surface area (Å²) in [5, 5.41) is 8.78. The lowest BCUT2D eigenvalue weighted by Gasteiger charge is -2.17. The highest BCUT2D eigenvalue weighted by Crippen LogP contribution is 2.25. The maximum Gasteiger partial charge on any atom is 0.320 e. The van der Waals surface area contributed by atoms with Gasteiger partial charge in [-0.1, -0.05) is 0 Å². The number of imidazole rings is 1. The smallest absolute Gasteiger partial charge is 0.320 e. The minimum atomic E-state index is -0.982. The summed E-state index contributed by atoms with van der Waals surface area (Å²) in [4.78, 5) is 15.1. The first kappa shape index (κ1) is 11.6. The quantitative estimate of drug-likeness (QED) is 0.867. The van der Waals surface area contributed by atoms with Gasteiger partial charge in [0.25, 0.3) is 0 Å². The van der Waals surface area contributed by atoms with Gasteiger partial charge in [0.15, 0.2) is 0 Å². The fourth-order valence-electron chi connectivity index (χ4n) is 2.01. The topological polar surface area (TPSA) is 81.1 Å². The number of aliphatic carboxylic acids is 1. The number of hydrogen-bond donors (Lipinski definition) is 2. The predicted molar refractivity (Wildman–Crippen MR) is 62.2 cm³/mol. The second-order valence-electron chi connectivity index (χ2n) is 4.02. The number of halogens is 1. The van der Waals surface area contributed by atoms with E-state index >= 15 is 0 Å². The average Bonchev–Trinajstić information content (AvgIpc) is 2.57. The molecule has 0 saturated heterocycles. The molecule has 1 aliphatic rings. The molecule has 0 saturated carbocycles. The number of nitrogens with zero attached hydrogens (tertiary/aromatic N) is 2. The average molecular weight is 288 g/mol. The number of aromatic nitrogens is 2. The van der Waals surface area contributed by atoms with E-state index in [0.29, 0.717) is 0 Å². The number of fused-ring (bicyclic) bond motifs is 1. The van der Waals surface area contributed by atoms with Crippen molar-refractivity contribution in [3.05, 3.63) is 16.1 Å². The third-order valence-corrected chi connectivity index (χ3v) is 3.50. The van der Waals surface area contributed by atoms with Crippen LogP contribution < -0.4 is 5.73 Å². The van der Waals surface area contributed by atoms with Gasteiger partial charge in [0.2, 0.25) is 0 Å². The van der Waals surface area contributed by atoms with E-state index in [9.17, 15) is 4.79 Å². The van der Waals surface area contributed by atoms with E-state index in [1.54, 1.807) is 0 Å². The Morgan fingerprint density at radius 2 is 2.38 bits per heavy atom. The van der Waals surface area contributed by atoms with Gasteiger partial charge in [0.05, 0.1) is 5.69 Å². The Bertz CT molecular complexity index is 416. The summed E-state index contributed by atoms with van der Waals surface area (Å²) in [6.07, 6.45) is 3.56. The van der Waals surface area contributed by atoms with Gasteiger partial charge in [-0.2, -0.15) is 0 Å². The van der Waals surface area contributed by atoms with E-state index < -0.39 is 12.0 Å². The first-order chi connectivity index (χ1) is 7.59. The fraction of sp³-hybridized carbons (Fsp3) is 0.600. The van der Waals surface area contributed by atoms with Crippen molar-refractivity contribution in [2.45, 2.75) is 38.3 Å². The van der Waals surface area contributed by atoms with Gasteiger partial charge < -0.3 is 15.4 Å². The molecule has 0 spiro atoms. The van der Waals surface area contributed by atoms with Crippen molar-refractivity contribution in [3.8, 4) is 0 Å². The highest BCUT2D eigenvalue weighted by molar-refractivity contribution is 9.10. The lowest BCUT2D eigenvalue weighted by atomic mass is 10.1. The van der Waals surface area contributed by atoms with Crippen LogP contribution >= 0.6 is 15.9 Å². The largest absolute Gasteiger partial charge is 0.480 e. The standard InChI is InChI=1S/C10H14BrN3O2/c11-9-7-3-1-2-4-14(7)8(13-9)5-6(12)10(15)16/h6H,1-5,12H2,(H,15,16). The minimum Gasteiger partial charge on any atom is -0.480 e. The van der Waals surface area contributed by atoms with Crippen LogP contribution in [0.3, 0.4) is 0 Å². The SMILES string of the molecule is NC(Cc1nc(Br)c2n1CCCC2)C(=O)O. The maximum atomic E-state index is 10.7. The molecular formula is C10H14BrN3O2. The van der Waals surface area contributed by atoms with Gasteiger partial charge in [-0.3, -0.25) is 4.79 Å². The Hall–Kier alpha value is -0.880. The van der Waals surface area contributed by atoms with E-state index in [4.69, 9.17) is 10.8 Å². The van der Waals surface area contributed by atoms with Crippen LogP contribution in [-0.4, -0.2) is 26.7 Å². The molecule has 1 unspecified atom stereocenters. The van der Waals surface area contributed by atoms with E-state index in [0.717, 1.165) is 36.2 Å². The second-order valence-corrected chi connectivity index (χ2v) is 4.77. The number of carbonyl (C=O) groups is 1. The zero-order valence-corrected chi connectivity index (χ0v) is 10.4. The summed E-state index contributed by atoms with van der Waals surface area (Å²) in [6, 6.07) is -0.875. The van der Waals surface area contributed by atoms with E-state index in [1.807, 2.05) is 0 Å². The minimum absolute atomic E-state index is 0.286. The van der Waals surface area contributed by atoms with Crippen LogP contribution in [0.15, 0.2) is 4.60 Å². The summed E-state index contributed by atoms with van der Waals surface area (Å²) in [5.41, 5.74) is 6.69. The molecule has 1 aliphatic heterocycles. The van der Waals surface area contributed by atoms with Crippen molar-refractivity contribution in [3.63, 3.8) is 0 Å². The Morgan fingerprint density at radius 1 is 1.62 bits per heavy atom. The van der Waals surface area contributed by atoms with Crippen LogP contribution in [0.25, 0.3) is 0 Å². The molecule has 2 rings (SSSR count). The first-order valence-electron chi connectivity index (χ1n) is 5.31. The van der Waals surface area contributed by atoms with Crippen molar-refractivity contribution >= 4 is 21.9 Å². The molecule has 1 atom stereocenters. The zero-order valence-electron chi connectivity index (χ0n) is 8.82. The molecule has 5 nitrogen and oxygen atoms in total. The van der Waals surface area contributed by atoms with Crippen LogP contribution in [0, 0.1) is 0 Å². The molecule has 2 heterocycles. The monoisotopic (exact) mass is 287 g/mol. The van der Waals surface area contributed by atoms with Gasteiger partial charge in [0.1, 0.15) is 16.5 Å². The third kappa shape index (κ3) is 2.12. The van der Waals surface area contributed by atoms with Crippen molar-refractivity contribution in [1.29, 1.82) is 0 Å². The van der Waals surface area contributed by atoms with Crippen molar-refractivity contribution in [1.82, 2.24) is 9.55 Å². The normalized spacial score (nSPS) is 16.9. The van der Waals surface area contributed by atoms with Crippen molar-refractivity contribution < 1.29 is 9.90 Å². The number of rotatable bonds is 3. The van der Waals surface area contributed by atoms with Gasteiger partial charge in [-0.15, -0.1) is 0 Å². The lowest BCUT2D eigenvalue weighted by Crippen LogP contribution is -2.33. The fourth-order valence-corrected chi connectivity index (χ4v) is 2.63. The predicted octanol–water partition coefficient (Wildman–Crippen LogP) is 0.936. The molecular weight excluding hydrogens is 274 g/mol. The molecule has 0 fully saturated rings. The van der Waals surface area contributed by atoms with Gasteiger partial charge >= 0.3 is 5.97 Å². The second kappa shape index (κ2) is 4.55. The summed E-state index contributed by atoms with van der Waals surface area (Å²) in [5.74, 6) is -0.208. The summed E-state index contributed by atoms with van der Waals surface area (Å²) in [7, 11) is 0. The molecule has 88 valence electrons. The van der Waals surface area contributed by atoms with Crippen LogP contribution in [0.4, 0.5) is 0 Å². The number of carboxylic acids is 1. The first-order valence-corrected chi connectivity index (χ1v) is 6.11. The maximum absolute atomic E-state index is 10.7. The summed E-state index contributed by atoms with van der Waals surface area (Å²) < 4.78 is 2.93. The van der Waals surface area contributed by atoms with E-state index in [2.05, 4.69) is 25.5 Å². The summed E-state index contributed by atoms with van der Waals surface area (Å²) in [6.45, 7) is 0.912. The molecule has 6 heteroatoms. The van der Waals surface area contributed by atoms with Crippen LogP contribution in [0.5, 0.6) is 0 Å². The molecule has 0 amide bonds. The Kier molecular flexibility index (Phi) is 3.30. The highest BCUT2D eigenvalue weighted by atomic mass is 79.9. The number of hydrogen-bond acceptors (Lipinski definition) is 3. The Morgan fingerprint density at radius 3 is 3.06 bits per heavy atom. The highest BCUT2D eigenvalue weighted by Gasteiger charge is 2.22. The molecule has 3 N–H and O–H groups in total. The molecule has 0 aromatic carbocycles. The summed E-state index contributed by atoms with van der Waals surface area (Å²) >= 11 is 3.41. The van der Waals surface area contributed by atoms with Gasteiger partial charge in [0, 0.05) is 13.0 Å². The van der Waals surface area contributed by atoms with E-state index in [-0.39, 0.29) is 6.42 Å². The molecule has 0 radical (unpaired) electrons. The molecule has 0 bridgehead atoms. The number of carboxylic acid groups (broad SMARTS) is 1. The van der Waals surface area contributed by atoms with Gasteiger partial charge in [-0.05, 0) is 35.2 Å². The molecule has 16 heavy (non-hydrogen) atoms. The van der Waals surface area contributed by atoms with Crippen molar-refractivity contribution in [2.24, 2.45) is 5.73 Å². The molecule has 0 aliphatic carbocycles. The third-order valence-electron chi connectivity index (χ3n) is 2.87. The van der Waals surface area contributed by atoms with Crippen LogP contribution in [-0.2, 0) is 24.2 Å². The Labute approximate surface area is 102 Å². The zero-order chi connectivity index (χ0) is 11.7. The molecule has 1 aromatic rings. The van der Waals surface area contributed by atoms with E-state index in [1.165, 1.54) is 5.69 Å². The van der Waals surface area contributed by atoms with Crippen molar-refractivity contribution in [2.75, 3.05) is 0 Å². The molecule has 1 aromatic heterocycles. The van der Waals surface area contributed by atoms with Crippen LogP contribution in [0.1, 0.15) is 24.4 Å². The van der Waals surface area contributed by atoms with Gasteiger partial charge in [-0.25, -0.2) is 4.98 Å². The lowest BCUT2D eigenvalue weighted by molar-refractivity contribution is -0.138. The van der Waals surface area contributed by atoms with Crippen LogP contribution in [0.2, 0.25) is 0 Å². The Balaban J connectivity index is 2.24. The number of nitrogens with two attached hydrogens (primary N) is 1.